The average molecular weight is 202 g/mol. The average Bonchev–Trinajstić information content (AvgIpc) is 2.51. The second-order valence-electron chi connectivity index (χ2n) is 2.72. The minimum atomic E-state index is 0. The van der Waals surface area contributed by atoms with E-state index in [4.69, 9.17) is 9.47 Å². The predicted molar refractivity (Wildman–Crippen MR) is 52.6 cm³/mol. The largest absolute Gasteiger partial charge is 0.454 e. The topological polar surface area (TPSA) is 30.5 Å². The number of rotatable bonds is 2. The SMILES string of the molecule is CNCc1ccc2c(c1)OCO2.Cl. The van der Waals surface area contributed by atoms with Crippen LogP contribution in [0.15, 0.2) is 18.2 Å². The molecular formula is C9H12ClNO2. The maximum atomic E-state index is 5.24. The minimum Gasteiger partial charge on any atom is -0.454 e. The Labute approximate surface area is 83.5 Å². The monoisotopic (exact) mass is 201 g/mol. The molecular weight excluding hydrogens is 190 g/mol. The molecule has 4 heteroatoms. The number of halogens is 1. The van der Waals surface area contributed by atoms with Gasteiger partial charge in [-0.05, 0) is 24.7 Å². The Morgan fingerprint density at radius 3 is 2.85 bits per heavy atom. The van der Waals surface area contributed by atoms with Crippen LogP contribution in [0.3, 0.4) is 0 Å². The van der Waals surface area contributed by atoms with Crippen molar-refractivity contribution < 1.29 is 9.47 Å². The van der Waals surface area contributed by atoms with Gasteiger partial charge in [0.1, 0.15) is 0 Å². The van der Waals surface area contributed by atoms with E-state index in [9.17, 15) is 0 Å². The normalized spacial score (nSPS) is 12.4. The Morgan fingerprint density at radius 2 is 2.08 bits per heavy atom. The van der Waals surface area contributed by atoms with Crippen LogP contribution in [0.1, 0.15) is 5.56 Å². The molecule has 1 aromatic rings. The van der Waals surface area contributed by atoms with Crippen LogP contribution in [0.25, 0.3) is 0 Å². The van der Waals surface area contributed by atoms with Gasteiger partial charge >= 0.3 is 0 Å². The molecule has 0 atom stereocenters. The lowest BCUT2D eigenvalue weighted by atomic mass is 10.2. The summed E-state index contributed by atoms with van der Waals surface area (Å²) < 4.78 is 10.4. The molecule has 0 aromatic heterocycles. The predicted octanol–water partition coefficient (Wildman–Crippen LogP) is 1.56. The van der Waals surface area contributed by atoms with Crippen LogP contribution < -0.4 is 14.8 Å². The second-order valence-corrected chi connectivity index (χ2v) is 2.72. The number of fused-ring (bicyclic) bond motifs is 1. The van der Waals surface area contributed by atoms with Gasteiger partial charge in [-0.25, -0.2) is 0 Å². The molecule has 0 aliphatic carbocycles. The Kier molecular flexibility index (Phi) is 3.39. The number of hydrogen-bond donors (Lipinski definition) is 1. The van der Waals surface area contributed by atoms with Gasteiger partial charge in [-0.1, -0.05) is 6.07 Å². The molecule has 0 bridgehead atoms. The van der Waals surface area contributed by atoms with E-state index in [-0.39, 0.29) is 12.4 Å². The van der Waals surface area contributed by atoms with Gasteiger partial charge in [0.25, 0.3) is 0 Å². The van der Waals surface area contributed by atoms with Gasteiger partial charge in [-0.2, -0.15) is 0 Å². The highest BCUT2D eigenvalue weighted by molar-refractivity contribution is 5.85. The Bertz CT molecular complexity index is 291. The standard InChI is InChI=1S/C9H11NO2.ClH/c1-10-5-7-2-3-8-9(4-7)12-6-11-8;/h2-4,10H,5-6H2,1H3;1H. The molecule has 0 amide bonds. The molecule has 1 aromatic carbocycles. The van der Waals surface area contributed by atoms with Gasteiger partial charge in [0.15, 0.2) is 11.5 Å². The number of benzene rings is 1. The number of hydrogen-bond acceptors (Lipinski definition) is 3. The molecule has 0 saturated carbocycles. The molecule has 0 radical (unpaired) electrons. The van der Waals surface area contributed by atoms with E-state index in [1.54, 1.807) is 0 Å². The van der Waals surface area contributed by atoms with Crippen molar-refractivity contribution in [1.29, 1.82) is 0 Å². The van der Waals surface area contributed by atoms with Gasteiger partial charge in [0.2, 0.25) is 6.79 Å². The number of nitrogens with one attached hydrogen (secondary N) is 1. The molecule has 2 rings (SSSR count). The Morgan fingerprint density at radius 1 is 1.31 bits per heavy atom. The molecule has 1 heterocycles. The van der Waals surface area contributed by atoms with Crippen LogP contribution in [-0.2, 0) is 6.54 Å². The summed E-state index contributed by atoms with van der Waals surface area (Å²) in [4.78, 5) is 0. The number of ether oxygens (including phenoxy) is 2. The first-order chi connectivity index (χ1) is 5.90. The summed E-state index contributed by atoms with van der Waals surface area (Å²) in [5.41, 5.74) is 1.21. The van der Waals surface area contributed by atoms with Gasteiger partial charge in [-0.3, -0.25) is 0 Å². The molecule has 0 saturated heterocycles. The fourth-order valence-corrected chi connectivity index (χ4v) is 1.26. The first kappa shape index (κ1) is 10.2. The van der Waals surface area contributed by atoms with Gasteiger partial charge in [0, 0.05) is 6.54 Å². The van der Waals surface area contributed by atoms with Crippen molar-refractivity contribution in [2.45, 2.75) is 6.54 Å². The van der Waals surface area contributed by atoms with E-state index >= 15 is 0 Å². The van der Waals surface area contributed by atoms with Crippen molar-refractivity contribution in [3.8, 4) is 11.5 Å². The maximum Gasteiger partial charge on any atom is 0.231 e. The zero-order chi connectivity index (χ0) is 8.39. The third-order valence-corrected chi connectivity index (χ3v) is 1.82. The van der Waals surface area contributed by atoms with E-state index in [2.05, 4.69) is 5.32 Å². The molecule has 72 valence electrons. The third kappa shape index (κ3) is 2.05. The van der Waals surface area contributed by atoms with E-state index in [1.807, 2.05) is 25.2 Å². The molecule has 13 heavy (non-hydrogen) atoms. The quantitative estimate of drug-likeness (QED) is 0.788. The van der Waals surface area contributed by atoms with Gasteiger partial charge in [0.05, 0.1) is 0 Å². The van der Waals surface area contributed by atoms with Crippen molar-refractivity contribution in [1.82, 2.24) is 5.32 Å². The van der Waals surface area contributed by atoms with Crippen molar-refractivity contribution >= 4 is 12.4 Å². The van der Waals surface area contributed by atoms with Crippen LogP contribution in [0.4, 0.5) is 0 Å². The molecule has 0 spiro atoms. The summed E-state index contributed by atoms with van der Waals surface area (Å²) in [5, 5.41) is 3.08. The van der Waals surface area contributed by atoms with Gasteiger partial charge < -0.3 is 14.8 Å². The zero-order valence-electron chi connectivity index (χ0n) is 7.37. The first-order valence-electron chi connectivity index (χ1n) is 3.93. The van der Waals surface area contributed by atoms with Crippen molar-refractivity contribution in [2.24, 2.45) is 0 Å². The Hall–Kier alpha value is -0.930. The van der Waals surface area contributed by atoms with Crippen molar-refractivity contribution in [3.05, 3.63) is 23.8 Å². The van der Waals surface area contributed by atoms with E-state index in [0.29, 0.717) is 6.79 Å². The zero-order valence-corrected chi connectivity index (χ0v) is 8.19. The molecule has 3 nitrogen and oxygen atoms in total. The molecule has 0 unspecified atom stereocenters. The van der Waals surface area contributed by atoms with Crippen molar-refractivity contribution in [2.75, 3.05) is 13.8 Å². The smallest absolute Gasteiger partial charge is 0.231 e. The van der Waals surface area contributed by atoms with Crippen molar-refractivity contribution in [3.63, 3.8) is 0 Å². The maximum absolute atomic E-state index is 5.24. The summed E-state index contributed by atoms with van der Waals surface area (Å²) in [6, 6.07) is 5.97. The van der Waals surface area contributed by atoms with Crippen LogP contribution in [0, 0.1) is 0 Å². The Balaban J connectivity index is 0.000000845. The summed E-state index contributed by atoms with van der Waals surface area (Å²) >= 11 is 0. The minimum absolute atomic E-state index is 0. The lowest BCUT2D eigenvalue weighted by molar-refractivity contribution is 0.174. The van der Waals surface area contributed by atoms with Crippen LogP contribution in [-0.4, -0.2) is 13.8 Å². The summed E-state index contributed by atoms with van der Waals surface area (Å²) in [6.45, 7) is 1.20. The first-order valence-corrected chi connectivity index (χ1v) is 3.93. The molecule has 0 fully saturated rings. The van der Waals surface area contributed by atoms with Crippen LogP contribution >= 0.6 is 12.4 Å². The summed E-state index contributed by atoms with van der Waals surface area (Å²) in [6.07, 6.45) is 0. The molecule has 1 aliphatic rings. The highest BCUT2D eigenvalue weighted by Crippen LogP contribution is 2.32. The highest BCUT2D eigenvalue weighted by Gasteiger charge is 2.12. The van der Waals surface area contributed by atoms with Gasteiger partial charge in [-0.15, -0.1) is 12.4 Å². The van der Waals surface area contributed by atoms with E-state index in [0.717, 1.165) is 18.0 Å². The summed E-state index contributed by atoms with van der Waals surface area (Å²) in [7, 11) is 1.92. The third-order valence-electron chi connectivity index (χ3n) is 1.82. The summed E-state index contributed by atoms with van der Waals surface area (Å²) in [5.74, 6) is 1.69. The fourth-order valence-electron chi connectivity index (χ4n) is 1.26. The molecule has 1 aliphatic heterocycles. The van der Waals surface area contributed by atoms with E-state index in [1.165, 1.54) is 5.56 Å². The lowest BCUT2D eigenvalue weighted by Gasteiger charge is -2.00. The lowest BCUT2D eigenvalue weighted by Crippen LogP contribution is -2.04. The highest BCUT2D eigenvalue weighted by atomic mass is 35.5. The van der Waals surface area contributed by atoms with Crippen LogP contribution in [0.2, 0.25) is 0 Å². The fraction of sp³-hybridized carbons (Fsp3) is 0.333. The van der Waals surface area contributed by atoms with Crippen LogP contribution in [0.5, 0.6) is 11.5 Å². The second kappa shape index (κ2) is 4.35. The molecule has 1 N–H and O–H groups in total. The van der Waals surface area contributed by atoms with E-state index < -0.39 is 0 Å².